The van der Waals surface area contributed by atoms with Crippen molar-refractivity contribution in [3.05, 3.63) is 41.1 Å². The first-order valence-corrected chi connectivity index (χ1v) is 9.49. The second-order valence-electron chi connectivity index (χ2n) is 6.66. The molecule has 1 fully saturated rings. The van der Waals surface area contributed by atoms with Crippen molar-refractivity contribution in [1.29, 1.82) is 0 Å². The monoisotopic (exact) mass is 414 g/mol. The molecule has 26 heavy (non-hydrogen) atoms. The first kappa shape index (κ1) is 17.0. The van der Waals surface area contributed by atoms with Gasteiger partial charge in [0.15, 0.2) is 0 Å². The minimum Gasteiger partial charge on any atom is -0.481 e. The molecule has 4 rings (SSSR count). The molecule has 7 heteroatoms. The topological polar surface area (TPSA) is 90.9 Å². The van der Waals surface area contributed by atoms with Gasteiger partial charge in [0.25, 0.3) is 0 Å². The smallest absolute Gasteiger partial charge is 0.306 e. The molecule has 1 saturated carbocycles. The Labute approximate surface area is 159 Å². The zero-order valence-corrected chi connectivity index (χ0v) is 15.7. The van der Waals surface area contributed by atoms with Gasteiger partial charge in [0.2, 0.25) is 5.95 Å². The molecule has 0 bridgehead atoms. The summed E-state index contributed by atoms with van der Waals surface area (Å²) in [7, 11) is 0. The van der Waals surface area contributed by atoms with Crippen LogP contribution in [0.5, 0.6) is 0 Å². The molecule has 1 aliphatic rings. The minimum absolute atomic E-state index is 0.218. The summed E-state index contributed by atoms with van der Waals surface area (Å²) in [5.74, 6) is -0.321. The Morgan fingerprint density at radius 3 is 2.81 bits per heavy atom. The van der Waals surface area contributed by atoms with E-state index in [0.717, 1.165) is 39.5 Å². The molecule has 6 nitrogen and oxygen atoms in total. The Kier molecular flexibility index (Phi) is 4.63. The van der Waals surface area contributed by atoms with E-state index in [0.29, 0.717) is 18.8 Å². The fraction of sp³-hybridized carbons (Fsp3) is 0.316. The standard InChI is InChI=1S/C19H19BrN4O2/c20-14-2-1-3-16-17(14)13(10-22-16)15-8-9-21-19(24-15)23-12-6-4-11(5-7-12)18(25)26/h1-3,8-12,22H,4-7H2,(H,25,26)(H,21,23,24). The number of rotatable bonds is 4. The van der Waals surface area contributed by atoms with Gasteiger partial charge in [0.05, 0.1) is 11.6 Å². The predicted octanol–water partition coefficient (Wildman–Crippen LogP) is 4.44. The fourth-order valence-electron chi connectivity index (χ4n) is 3.59. The number of nitrogens with one attached hydrogen (secondary N) is 2. The quantitative estimate of drug-likeness (QED) is 0.586. The van der Waals surface area contributed by atoms with E-state index in [1.54, 1.807) is 6.20 Å². The number of aromatic nitrogens is 3. The number of carbonyl (C=O) groups is 1. The van der Waals surface area contributed by atoms with Gasteiger partial charge in [0, 0.05) is 39.4 Å². The molecule has 2 heterocycles. The summed E-state index contributed by atoms with van der Waals surface area (Å²) in [5, 5.41) is 13.6. The number of nitrogens with zero attached hydrogens (tertiary/aromatic N) is 2. The summed E-state index contributed by atoms with van der Waals surface area (Å²) in [6, 6.07) is 8.16. The van der Waals surface area contributed by atoms with Gasteiger partial charge in [-0.25, -0.2) is 9.97 Å². The van der Waals surface area contributed by atoms with E-state index < -0.39 is 5.97 Å². The lowest BCUT2D eigenvalue weighted by Crippen LogP contribution is -2.29. The maximum Gasteiger partial charge on any atom is 0.306 e. The van der Waals surface area contributed by atoms with E-state index in [-0.39, 0.29) is 12.0 Å². The normalized spacial score (nSPS) is 20.2. The number of aliphatic carboxylic acids is 1. The summed E-state index contributed by atoms with van der Waals surface area (Å²) in [6.45, 7) is 0. The number of carboxylic acids is 1. The largest absolute Gasteiger partial charge is 0.481 e. The number of carboxylic acid groups (broad SMARTS) is 1. The van der Waals surface area contributed by atoms with Crippen LogP contribution in [0, 0.1) is 5.92 Å². The van der Waals surface area contributed by atoms with Crippen LogP contribution in [0.3, 0.4) is 0 Å². The molecular formula is C19H19BrN4O2. The van der Waals surface area contributed by atoms with Gasteiger partial charge in [0.1, 0.15) is 0 Å². The van der Waals surface area contributed by atoms with Crippen molar-refractivity contribution in [1.82, 2.24) is 15.0 Å². The SMILES string of the molecule is O=C(O)C1CCC(Nc2nccc(-c3c[nH]c4cccc(Br)c34)n2)CC1. The van der Waals surface area contributed by atoms with Crippen LogP contribution < -0.4 is 5.32 Å². The van der Waals surface area contributed by atoms with Crippen LogP contribution in [0.15, 0.2) is 41.1 Å². The summed E-state index contributed by atoms with van der Waals surface area (Å²) in [5.41, 5.74) is 2.92. The summed E-state index contributed by atoms with van der Waals surface area (Å²) in [4.78, 5) is 23.4. The number of benzene rings is 1. The van der Waals surface area contributed by atoms with Gasteiger partial charge in [-0.15, -0.1) is 0 Å². The van der Waals surface area contributed by atoms with Crippen LogP contribution in [0.4, 0.5) is 5.95 Å². The molecule has 3 N–H and O–H groups in total. The molecule has 0 atom stereocenters. The van der Waals surface area contributed by atoms with Crippen LogP contribution in [-0.2, 0) is 4.79 Å². The Hall–Kier alpha value is -2.41. The highest BCUT2D eigenvalue weighted by atomic mass is 79.9. The molecule has 0 unspecified atom stereocenters. The van der Waals surface area contributed by atoms with Crippen LogP contribution in [-0.4, -0.2) is 32.1 Å². The average molecular weight is 415 g/mol. The second-order valence-corrected chi connectivity index (χ2v) is 7.52. The Morgan fingerprint density at radius 1 is 1.23 bits per heavy atom. The molecule has 134 valence electrons. The molecular weight excluding hydrogens is 396 g/mol. The first-order chi connectivity index (χ1) is 12.6. The molecule has 0 spiro atoms. The zero-order valence-electron chi connectivity index (χ0n) is 14.1. The van der Waals surface area contributed by atoms with Gasteiger partial charge in [-0.1, -0.05) is 22.0 Å². The molecule has 2 aromatic heterocycles. The highest BCUT2D eigenvalue weighted by Crippen LogP contribution is 2.33. The minimum atomic E-state index is -0.688. The van der Waals surface area contributed by atoms with Crippen molar-refractivity contribution < 1.29 is 9.90 Å². The Balaban J connectivity index is 1.55. The van der Waals surface area contributed by atoms with Gasteiger partial charge >= 0.3 is 5.97 Å². The van der Waals surface area contributed by atoms with Crippen molar-refractivity contribution in [3.63, 3.8) is 0 Å². The molecule has 0 radical (unpaired) electrons. The third-order valence-corrected chi connectivity index (χ3v) is 5.66. The van der Waals surface area contributed by atoms with Gasteiger partial charge in [-0.05, 0) is 43.9 Å². The van der Waals surface area contributed by atoms with Crippen molar-refractivity contribution in [2.75, 3.05) is 5.32 Å². The lowest BCUT2D eigenvalue weighted by atomic mass is 9.86. The number of aromatic amines is 1. The van der Waals surface area contributed by atoms with Crippen molar-refractivity contribution in [2.45, 2.75) is 31.7 Å². The molecule has 0 amide bonds. The van der Waals surface area contributed by atoms with E-state index in [2.05, 4.69) is 36.2 Å². The molecule has 0 saturated heterocycles. The first-order valence-electron chi connectivity index (χ1n) is 8.70. The van der Waals surface area contributed by atoms with Gasteiger partial charge in [-0.2, -0.15) is 0 Å². The van der Waals surface area contributed by atoms with E-state index in [4.69, 9.17) is 5.11 Å². The highest BCUT2D eigenvalue weighted by Gasteiger charge is 2.26. The third kappa shape index (κ3) is 3.31. The summed E-state index contributed by atoms with van der Waals surface area (Å²) < 4.78 is 1.02. The Bertz CT molecular complexity index is 948. The summed E-state index contributed by atoms with van der Waals surface area (Å²) in [6.07, 6.45) is 6.75. The molecule has 1 aliphatic carbocycles. The number of fused-ring (bicyclic) bond motifs is 1. The molecule has 1 aromatic carbocycles. The molecule has 0 aliphatic heterocycles. The van der Waals surface area contributed by atoms with Crippen molar-refractivity contribution in [2.24, 2.45) is 5.92 Å². The number of halogens is 1. The van der Waals surface area contributed by atoms with Crippen LogP contribution >= 0.6 is 15.9 Å². The number of anilines is 1. The fourth-order valence-corrected chi connectivity index (χ4v) is 4.17. The number of H-pyrrole nitrogens is 1. The number of hydrogen-bond donors (Lipinski definition) is 3. The van der Waals surface area contributed by atoms with Crippen LogP contribution in [0.2, 0.25) is 0 Å². The van der Waals surface area contributed by atoms with Gasteiger partial charge in [-0.3, -0.25) is 4.79 Å². The highest BCUT2D eigenvalue weighted by molar-refractivity contribution is 9.10. The maximum atomic E-state index is 11.1. The van der Waals surface area contributed by atoms with E-state index in [1.807, 2.05) is 30.5 Å². The molecule has 3 aromatic rings. The van der Waals surface area contributed by atoms with Crippen molar-refractivity contribution >= 4 is 38.8 Å². The average Bonchev–Trinajstić information content (AvgIpc) is 3.08. The van der Waals surface area contributed by atoms with Crippen molar-refractivity contribution in [3.8, 4) is 11.3 Å². The lowest BCUT2D eigenvalue weighted by Gasteiger charge is -2.26. The third-order valence-electron chi connectivity index (χ3n) is 5.00. The zero-order chi connectivity index (χ0) is 18.1. The van der Waals surface area contributed by atoms with Crippen LogP contribution in [0.1, 0.15) is 25.7 Å². The van der Waals surface area contributed by atoms with E-state index in [9.17, 15) is 4.79 Å². The lowest BCUT2D eigenvalue weighted by molar-refractivity contribution is -0.142. The predicted molar refractivity (Wildman–Crippen MR) is 104 cm³/mol. The van der Waals surface area contributed by atoms with E-state index in [1.165, 1.54) is 0 Å². The van der Waals surface area contributed by atoms with Gasteiger partial charge < -0.3 is 15.4 Å². The van der Waals surface area contributed by atoms with E-state index >= 15 is 0 Å². The second kappa shape index (κ2) is 7.07. The summed E-state index contributed by atoms with van der Waals surface area (Å²) >= 11 is 3.61. The van der Waals surface area contributed by atoms with Crippen LogP contribution in [0.25, 0.3) is 22.2 Å². The Morgan fingerprint density at radius 2 is 2.04 bits per heavy atom. The number of hydrogen-bond acceptors (Lipinski definition) is 4. The maximum absolute atomic E-state index is 11.1.